The van der Waals surface area contributed by atoms with Gasteiger partial charge in [0.15, 0.2) is 0 Å². The molecule has 1 heterocycles. The van der Waals surface area contributed by atoms with Crippen LogP contribution in [0.5, 0.6) is 0 Å². The number of imide groups is 1. The minimum absolute atomic E-state index is 0.341. The second kappa shape index (κ2) is 4.33. The van der Waals surface area contributed by atoms with Gasteiger partial charge in [0.25, 0.3) is 11.8 Å². The second-order valence-electron chi connectivity index (χ2n) is 4.84. The van der Waals surface area contributed by atoms with Crippen LogP contribution in [0.4, 0.5) is 0 Å². The summed E-state index contributed by atoms with van der Waals surface area (Å²) >= 11 is 0. The smallest absolute Gasteiger partial charge is 0.254 e. The molecule has 0 N–H and O–H groups in total. The lowest BCUT2D eigenvalue weighted by molar-refractivity contribution is -0.143. The largest absolute Gasteiger partial charge is 0.269 e. The lowest BCUT2D eigenvalue weighted by atomic mass is 9.75. The predicted molar refractivity (Wildman–Crippen MR) is 61.6 cm³/mol. The zero-order chi connectivity index (χ0) is 12.5. The Morgan fingerprint density at radius 2 is 1.88 bits per heavy atom. The molecule has 1 fully saturated rings. The number of hydrogen-bond donors (Lipinski definition) is 0. The first-order chi connectivity index (χ1) is 8.13. The number of carbonyl (C=O) groups is 2. The van der Waals surface area contributed by atoms with Crippen LogP contribution in [0, 0.1) is 17.2 Å². The van der Waals surface area contributed by atoms with Gasteiger partial charge in [0.2, 0.25) is 0 Å². The van der Waals surface area contributed by atoms with Gasteiger partial charge in [-0.15, -0.1) is 0 Å². The van der Waals surface area contributed by atoms with Gasteiger partial charge in [0, 0.05) is 12.2 Å². The predicted octanol–water partition coefficient (Wildman–Crippen LogP) is 1.77. The first kappa shape index (κ1) is 11.8. The van der Waals surface area contributed by atoms with Gasteiger partial charge < -0.3 is 0 Å². The highest BCUT2D eigenvalue weighted by atomic mass is 16.2. The molecule has 0 radical (unpaired) electrons. The lowest BCUT2D eigenvalue weighted by Gasteiger charge is -2.39. The van der Waals surface area contributed by atoms with Crippen molar-refractivity contribution < 1.29 is 9.59 Å². The Kier molecular flexibility index (Phi) is 3.01. The summed E-state index contributed by atoms with van der Waals surface area (Å²) in [5.41, 5.74) is -0.899. The maximum Gasteiger partial charge on any atom is 0.254 e. The molecule has 2 amide bonds. The monoisotopic (exact) mass is 232 g/mol. The zero-order valence-electron chi connectivity index (χ0n) is 9.98. The minimum Gasteiger partial charge on any atom is -0.269 e. The summed E-state index contributed by atoms with van der Waals surface area (Å²) < 4.78 is 0. The van der Waals surface area contributed by atoms with E-state index in [1.54, 1.807) is 0 Å². The van der Waals surface area contributed by atoms with Crippen LogP contribution >= 0.6 is 0 Å². The van der Waals surface area contributed by atoms with Crippen LogP contribution < -0.4 is 0 Å². The third kappa shape index (κ3) is 1.86. The number of hydrogen-bond acceptors (Lipinski definition) is 3. The van der Waals surface area contributed by atoms with Gasteiger partial charge in [0.1, 0.15) is 5.54 Å². The van der Waals surface area contributed by atoms with Gasteiger partial charge in [-0.2, -0.15) is 5.26 Å². The Labute approximate surface area is 101 Å². The minimum atomic E-state index is -0.899. The van der Waals surface area contributed by atoms with Gasteiger partial charge in [-0.3, -0.25) is 14.5 Å². The summed E-state index contributed by atoms with van der Waals surface area (Å²) in [5, 5.41) is 9.37. The zero-order valence-corrected chi connectivity index (χ0v) is 9.98. The second-order valence-corrected chi connectivity index (χ2v) is 4.84. The Balaban J connectivity index is 2.20. The standard InChI is InChI=1S/C13H16N2O2/c1-2-10-5-7-13(9-14,8-6-10)15-11(16)3-4-12(15)17/h3-4,10H,2,5-8H2,1H3. The van der Waals surface area contributed by atoms with Crippen molar-refractivity contribution in [2.45, 2.75) is 44.6 Å². The van der Waals surface area contributed by atoms with Crippen LogP contribution in [0.25, 0.3) is 0 Å². The fraction of sp³-hybridized carbons (Fsp3) is 0.615. The van der Waals surface area contributed by atoms with E-state index in [2.05, 4.69) is 13.0 Å². The maximum absolute atomic E-state index is 11.7. The van der Waals surface area contributed by atoms with Gasteiger partial charge in [-0.1, -0.05) is 13.3 Å². The first-order valence-electron chi connectivity index (χ1n) is 6.10. The van der Waals surface area contributed by atoms with Crippen LogP contribution in [-0.2, 0) is 9.59 Å². The Hall–Kier alpha value is -1.63. The number of rotatable bonds is 2. The Morgan fingerprint density at radius 1 is 1.35 bits per heavy atom. The van der Waals surface area contributed by atoms with Crippen molar-refractivity contribution in [3.63, 3.8) is 0 Å². The third-order valence-corrected chi connectivity index (χ3v) is 3.96. The lowest BCUT2D eigenvalue weighted by Crippen LogP contribution is -2.52. The molecule has 0 spiro atoms. The SMILES string of the molecule is CCC1CCC(C#N)(N2C(=O)C=CC2=O)CC1. The average Bonchev–Trinajstić information content (AvgIpc) is 2.70. The molecule has 0 aromatic carbocycles. The molecule has 2 aliphatic rings. The average molecular weight is 232 g/mol. The van der Waals surface area contributed by atoms with E-state index in [4.69, 9.17) is 0 Å². The molecule has 0 aromatic rings. The third-order valence-electron chi connectivity index (χ3n) is 3.96. The number of nitriles is 1. The van der Waals surface area contributed by atoms with E-state index < -0.39 is 5.54 Å². The summed E-state index contributed by atoms with van der Waals surface area (Å²) in [4.78, 5) is 24.5. The first-order valence-corrected chi connectivity index (χ1v) is 6.10. The van der Waals surface area contributed by atoms with E-state index in [9.17, 15) is 14.9 Å². The molecule has 4 nitrogen and oxygen atoms in total. The Bertz CT molecular complexity index is 394. The molecular weight excluding hydrogens is 216 g/mol. The highest BCUT2D eigenvalue weighted by Gasteiger charge is 2.46. The summed E-state index contributed by atoms with van der Waals surface area (Å²) in [6.45, 7) is 2.14. The molecule has 0 unspecified atom stereocenters. The van der Waals surface area contributed by atoms with Crippen molar-refractivity contribution in [1.82, 2.24) is 4.90 Å². The van der Waals surface area contributed by atoms with Crippen molar-refractivity contribution >= 4 is 11.8 Å². The van der Waals surface area contributed by atoms with E-state index in [-0.39, 0.29) is 11.8 Å². The van der Waals surface area contributed by atoms with Gasteiger partial charge >= 0.3 is 0 Å². The molecule has 0 aromatic heterocycles. The fourth-order valence-corrected chi connectivity index (χ4v) is 2.77. The van der Waals surface area contributed by atoms with Crippen LogP contribution in [-0.4, -0.2) is 22.3 Å². The summed E-state index contributed by atoms with van der Waals surface area (Å²) in [7, 11) is 0. The number of carbonyl (C=O) groups excluding carboxylic acids is 2. The fourth-order valence-electron chi connectivity index (χ4n) is 2.77. The van der Waals surface area contributed by atoms with Crippen LogP contribution in [0.3, 0.4) is 0 Å². The van der Waals surface area contributed by atoms with Crippen LogP contribution in [0.15, 0.2) is 12.2 Å². The van der Waals surface area contributed by atoms with Crippen molar-refractivity contribution in [3.05, 3.63) is 12.2 Å². The van der Waals surface area contributed by atoms with E-state index >= 15 is 0 Å². The molecule has 1 aliphatic heterocycles. The van der Waals surface area contributed by atoms with Gasteiger partial charge in [-0.25, -0.2) is 0 Å². The van der Waals surface area contributed by atoms with Crippen LogP contribution in [0.1, 0.15) is 39.0 Å². The molecule has 0 saturated heterocycles. The van der Waals surface area contributed by atoms with E-state index in [1.165, 1.54) is 12.2 Å². The number of nitrogens with zero attached hydrogens (tertiary/aromatic N) is 2. The number of amides is 2. The molecular formula is C13H16N2O2. The maximum atomic E-state index is 11.7. The molecule has 0 atom stereocenters. The quantitative estimate of drug-likeness (QED) is 0.682. The van der Waals surface area contributed by atoms with Gasteiger partial charge in [0.05, 0.1) is 6.07 Å². The topological polar surface area (TPSA) is 61.2 Å². The summed E-state index contributed by atoms with van der Waals surface area (Å²) in [6, 6.07) is 2.21. The highest BCUT2D eigenvalue weighted by molar-refractivity contribution is 6.13. The molecule has 90 valence electrons. The van der Waals surface area contributed by atoms with Gasteiger partial charge in [-0.05, 0) is 31.6 Å². The van der Waals surface area contributed by atoms with Crippen molar-refractivity contribution in [3.8, 4) is 6.07 Å². The van der Waals surface area contributed by atoms with Crippen LogP contribution in [0.2, 0.25) is 0 Å². The van der Waals surface area contributed by atoms with E-state index in [0.29, 0.717) is 18.8 Å². The molecule has 1 aliphatic carbocycles. The molecule has 17 heavy (non-hydrogen) atoms. The molecule has 0 bridgehead atoms. The molecule has 1 saturated carbocycles. The summed E-state index contributed by atoms with van der Waals surface area (Å²) in [5.74, 6) is -0.0600. The van der Waals surface area contributed by atoms with E-state index in [0.717, 1.165) is 24.2 Å². The van der Waals surface area contributed by atoms with Crippen molar-refractivity contribution in [1.29, 1.82) is 5.26 Å². The molecule has 2 rings (SSSR count). The highest BCUT2D eigenvalue weighted by Crippen LogP contribution is 2.38. The summed E-state index contributed by atoms with van der Waals surface area (Å²) in [6.07, 6.45) is 6.67. The van der Waals surface area contributed by atoms with Crippen molar-refractivity contribution in [2.24, 2.45) is 5.92 Å². The van der Waals surface area contributed by atoms with Crippen molar-refractivity contribution in [2.75, 3.05) is 0 Å². The normalized spacial score (nSPS) is 32.9. The van der Waals surface area contributed by atoms with E-state index in [1.807, 2.05) is 0 Å². The molecule has 4 heteroatoms. The Morgan fingerprint density at radius 3 is 2.29 bits per heavy atom.